The molecule has 156 valence electrons. The van der Waals surface area contributed by atoms with Crippen LogP contribution in [0.25, 0.3) is 6.08 Å². The minimum Gasteiger partial charge on any atom is -0.480 e. The van der Waals surface area contributed by atoms with Crippen molar-refractivity contribution in [2.45, 2.75) is 44.1 Å². The summed E-state index contributed by atoms with van der Waals surface area (Å²) in [7, 11) is 2.97. The molecule has 4 bridgehead atoms. The topological polar surface area (TPSA) is 97.4 Å². The summed E-state index contributed by atoms with van der Waals surface area (Å²) in [5.41, 5.74) is 6.11. The molecular formula is C20H27N5O3S. The van der Waals surface area contributed by atoms with E-state index in [1.807, 2.05) is 0 Å². The molecule has 0 atom stereocenters. The Morgan fingerprint density at radius 3 is 2.38 bits per heavy atom. The number of methoxy groups -OCH3 is 2. The minimum absolute atomic E-state index is 0.104. The summed E-state index contributed by atoms with van der Waals surface area (Å²) in [5.74, 6) is 2.48. The summed E-state index contributed by atoms with van der Waals surface area (Å²) in [6, 6.07) is 0.200. The van der Waals surface area contributed by atoms with E-state index in [1.54, 1.807) is 6.08 Å². The summed E-state index contributed by atoms with van der Waals surface area (Å²) < 4.78 is 10.2. The summed E-state index contributed by atoms with van der Waals surface area (Å²) in [6.45, 7) is 0. The van der Waals surface area contributed by atoms with Crippen molar-refractivity contribution < 1.29 is 14.3 Å². The molecule has 0 radical (unpaired) electrons. The van der Waals surface area contributed by atoms with Gasteiger partial charge in [0.05, 0.1) is 19.8 Å². The van der Waals surface area contributed by atoms with Crippen LogP contribution in [0.2, 0.25) is 0 Å². The summed E-state index contributed by atoms with van der Waals surface area (Å²) in [4.78, 5) is 20.3. The Kier molecular flexibility index (Phi) is 5.58. The van der Waals surface area contributed by atoms with Gasteiger partial charge in [-0.05, 0) is 74.6 Å². The fraction of sp³-hybridized carbons (Fsp3) is 0.600. The van der Waals surface area contributed by atoms with Gasteiger partial charge in [-0.15, -0.1) is 0 Å². The van der Waals surface area contributed by atoms with Gasteiger partial charge in [-0.3, -0.25) is 15.6 Å². The first-order valence-electron chi connectivity index (χ1n) is 10.00. The number of hydrogen-bond acceptors (Lipinski definition) is 6. The number of ether oxygens (including phenoxy) is 2. The Labute approximate surface area is 175 Å². The fourth-order valence-electron chi connectivity index (χ4n) is 5.60. The smallest absolute Gasteiger partial charge is 0.319 e. The molecule has 0 aromatic carbocycles. The Morgan fingerprint density at radius 2 is 1.79 bits per heavy atom. The van der Waals surface area contributed by atoms with Crippen LogP contribution >= 0.6 is 12.2 Å². The van der Waals surface area contributed by atoms with Crippen LogP contribution in [0.1, 0.15) is 44.1 Å². The second-order valence-electron chi connectivity index (χ2n) is 8.42. The molecule has 4 aliphatic carbocycles. The van der Waals surface area contributed by atoms with E-state index in [-0.39, 0.29) is 17.5 Å². The molecule has 1 amide bonds. The predicted octanol–water partition coefficient (Wildman–Crippen LogP) is 1.97. The molecule has 8 nitrogen and oxygen atoms in total. The maximum Gasteiger partial charge on any atom is 0.319 e. The first-order chi connectivity index (χ1) is 14.0. The highest BCUT2D eigenvalue weighted by Gasteiger charge is 2.51. The second kappa shape index (κ2) is 8.14. The van der Waals surface area contributed by atoms with E-state index in [1.165, 1.54) is 65.0 Å². The Hall–Kier alpha value is -2.42. The molecule has 0 aliphatic heterocycles. The quantitative estimate of drug-likeness (QED) is 0.380. The van der Waals surface area contributed by atoms with Crippen LogP contribution in [0.4, 0.5) is 0 Å². The molecule has 0 saturated heterocycles. The Bertz CT molecular complexity index is 793. The number of carbonyl (C=O) groups excluding carboxylic acids is 1. The van der Waals surface area contributed by atoms with Crippen LogP contribution in [0.3, 0.4) is 0 Å². The van der Waals surface area contributed by atoms with E-state index in [0.717, 1.165) is 17.8 Å². The minimum atomic E-state index is -0.336. The van der Waals surface area contributed by atoms with Crippen LogP contribution in [-0.2, 0) is 4.79 Å². The fourth-order valence-corrected chi connectivity index (χ4v) is 5.87. The van der Waals surface area contributed by atoms with Gasteiger partial charge in [0.2, 0.25) is 5.88 Å². The Morgan fingerprint density at radius 1 is 1.14 bits per heavy atom. The van der Waals surface area contributed by atoms with Crippen LogP contribution < -0.4 is 25.6 Å². The lowest BCUT2D eigenvalue weighted by atomic mass is 9.53. The number of amides is 1. The van der Waals surface area contributed by atoms with Crippen molar-refractivity contribution in [3.05, 3.63) is 17.8 Å². The van der Waals surface area contributed by atoms with Gasteiger partial charge in [0.1, 0.15) is 0 Å². The molecule has 5 rings (SSSR count). The normalized spacial score (nSPS) is 29.5. The molecule has 4 saturated carbocycles. The highest BCUT2D eigenvalue weighted by Crippen LogP contribution is 2.55. The van der Waals surface area contributed by atoms with E-state index >= 15 is 0 Å². The third-order valence-electron chi connectivity index (χ3n) is 6.26. The molecule has 29 heavy (non-hydrogen) atoms. The zero-order chi connectivity index (χ0) is 20.4. The lowest BCUT2D eigenvalue weighted by Gasteiger charge is -2.57. The Balaban J connectivity index is 1.29. The molecule has 4 fully saturated rings. The third-order valence-corrected chi connectivity index (χ3v) is 6.47. The second-order valence-corrected chi connectivity index (χ2v) is 8.83. The van der Waals surface area contributed by atoms with Gasteiger partial charge in [0.15, 0.2) is 5.11 Å². The van der Waals surface area contributed by atoms with Gasteiger partial charge >= 0.3 is 6.01 Å². The van der Waals surface area contributed by atoms with Crippen LogP contribution in [-0.4, -0.2) is 40.7 Å². The van der Waals surface area contributed by atoms with E-state index in [9.17, 15) is 4.79 Å². The molecule has 1 aromatic heterocycles. The van der Waals surface area contributed by atoms with Crippen molar-refractivity contribution >= 4 is 29.3 Å². The lowest BCUT2D eigenvalue weighted by molar-refractivity contribution is -0.117. The summed E-state index contributed by atoms with van der Waals surface area (Å²) in [6.07, 6.45) is 12.2. The maximum absolute atomic E-state index is 12.2. The number of thiocarbonyl (C=S) groups is 1. The first-order valence-corrected chi connectivity index (χ1v) is 10.4. The molecule has 1 heterocycles. The molecule has 0 unspecified atom stereocenters. The number of nitrogens with zero attached hydrogens (tertiary/aromatic N) is 2. The summed E-state index contributed by atoms with van der Waals surface area (Å²) in [5, 5.41) is 3.98. The zero-order valence-corrected chi connectivity index (χ0v) is 17.6. The molecular weight excluding hydrogens is 390 g/mol. The number of hydrogen-bond donors (Lipinski definition) is 3. The van der Waals surface area contributed by atoms with E-state index in [2.05, 4.69) is 26.1 Å². The molecule has 0 spiro atoms. The van der Waals surface area contributed by atoms with Gasteiger partial charge in [0, 0.05) is 17.8 Å². The molecule has 4 aliphatic rings. The van der Waals surface area contributed by atoms with Gasteiger partial charge < -0.3 is 14.8 Å². The molecule has 9 heteroatoms. The highest BCUT2D eigenvalue weighted by atomic mass is 32.1. The average molecular weight is 418 g/mol. The molecule has 1 aromatic rings. The lowest BCUT2D eigenvalue weighted by Crippen LogP contribution is -2.62. The van der Waals surface area contributed by atoms with Gasteiger partial charge in [-0.1, -0.05) is 0 Å². The van der Waals surface area contributed by atoms with E-state index < -0.39 is 0 Å². The van der Waals surface area contributed by atoms with Crippen LogP contribution in [0, 0.1) is 17.8 Å². The van der Waals surface area contributed by atoms with Crippen LogP contribution in [0.5, 0.6) is 11.9 Å². The number of hydrazine groups is 1. The number of nitrogens with one attached hydrogen (secondary N) is 3. The van der Waals surface area contributed by atoms with Crippen molar-refractivity contribution in [1.29, 1.82) is 0 Å². The first kappa shape index (κ1) is 19.9. The number of rotatable bonds is 5. The maximum atomic E-state index is 12.2. The predicted molar refractivity (Wildman–Crippen MR) is 112 cm³/mol. The third kappa shape index (κ3) is 4.44. The summed E-state index contributed by atoms with van der Waals surface area (Å²) >= 11 is 5.44. The van der Waals surface area contributed by atoms with Crippen molar-refractivity contribution in [2.24, 2.45) is 17.8 Å². The van der Waals surface area contributed by atoms with Crippen molar-refractivity contribution in [3.63, 3.8) is 0 Å². The van der Waals surface area contributed by atoms with Gasteiger partial charge in [0.25, 0.3) is 5.91 Å². The largest absolute Gasteiger partial charge is 0.480 e. The van der Waals surface area contributed by atoms with E-state index in [0.29, 0.717) is 16.6 Å². The number of aromatic nitrogens is 2. The zero-order valence-electron chi connectivity index (χ0n) is 16.7. The van der Waals surface area contributed by atoms with Gasteiger partial charge in [-0.25, -0.2) is 4.98 Å². The van der Waals surface area contributed by atoms with Crippen LogP contribution in [0.15, 0.2) is 12.3 Å². The van der Waals surface area contributed by atoms with Crippen molar-refractivity contribution in [2.75, 3.05) is 14.2 Å². The monoisotopic (exact) mass is 417 g/mol. The van der Waals surface area contributed by atoms with Crippen molar-refractivity contribution in [1.82, 2.24) is 26.1 Å². The molecule has 3 N–H and O–H groups in total. The number of carbonyl (C=O) groups is 1. The van der Waals surface area contributed by atoms with Gasteiger partial charge in [-0.2, -0.15) is 4.98 Å². The van der Waals surface area contributed by atoms with Crippen molar-refractivity contribution in [3.8, 4) is 11.9 Å². The standard InChI is InChI=1S/C20H27N5O3S/c1-27-17-15(11-21-18(22-17)28-2)3-4-16(26)24-25-19(29)23-20-8-12-5-13(9-20)7-14(6-12)10-20/h3-4,11-14H,5-10H2,1-2H3,(H,24,26)(H2,23,25,29). The average Bonchev–Trinajstić information content (AvgIpc) is 2.69. The SMILES string of the molecule is COc1ncc(C=CC(=O)NNC(=S)NC23CC4CC(CC(C4)C2)C3)c(OC)n1. The highest BCUT2D eigenvalue weighted by molar-refractivity contribution is 7.80. The van der Waals surface area contributed by atoms with E-state index in [4.69, 9.17) is 21.7 Å².